The summed E-state index contributed by atoms with van der Waals surface area (Å²) in [5.41, 5.74) is 1.36. The van der Waals surface area contributed by atoms with Gasteiger partial charge in [0, 0.05) is 11.1 Å². The summed E-state index contributed by atoms with van der Waals surface area (Å²) < 4.78 is 5.51. The van der Waals surface area contributed by atoms with Crippen LogP contribution in [-0.4, -0.2) is 18.7 Å². The summed E-state index contributed by atoms with van der Waals surface area (Å²) in [7, 11) is 0. The average molecular weight is 277 g/mol. The fourth-order valence-corrected chi connectivity index (χ4v) is 1.49. The second-order valence-electron chi connectivity index (χ2n) is 5.77. The van der Waals surface area contributed by atoms with Crippen LogP contribution in [0.25, 0.3) is 6.08 Å². The molecule has 0 amide bonds. The van der Waals surface area contributed by atoms with Crippen LogP contribution in [0.3, 0.4) is 0 Å². The molecule has 0 saturated heterocycles. The molecule has 0 heterocycles. The summed E-state index contributed by atoms with van der Waals surface area (Å²) >= 11 is 0. The Hall–Kier alpha value is -1.28. The van der Waals surface area contributed by atoms with E-state index in [4.69, 9.17) is 4.74 Å². The van der Waals surface area contributed by atoms with Crippen LogP contribution < -0.4 is 10.1 Å². The number of benzene rings is 1. The second-order valence-corrected chi connectivity index (χ2v) is 5.77. The van der Waals surface area contributed by atoms with Crippen LogP contribution in [0.2, 0.25) is 0 Å². The third-order valence-corrected chi connectivity index (χ3v) is 2.51. The Bertz CT molecular complexity index is 366. The quantitative estimate of drug-likeness (QED) is 0.798. The van der Waals surface area contributed by atoms with E-state index in [2.05, 4.69) is 46.5 Å². The Morgan fingerprint density at radius 3 is 2.25 bits per heavy atom. The molecule has 0 atom stereocenters. The predicted molar refractivity (Wildman–Crippen MR) is 90.4 cm³/mol. The number of para-hydroxylation sites is 1. The summed E-state index contributed by atoms with van der Waals surface area (Å²) in [4.78, 5) is 0. The first-order chi connectivity index (χ1) is 9.44. The van der Waals surface area contributed by atoms with Crippen molar-refractivity contribution < 1.29 is 4.74 Å². The van der Waals surface area contributed by atoms with Crippen LogP contribution in [-0.2, 0) is 0 Å². The minimum atomic E-state index is 0.302. The third kappa shape index (κ3) is 9.62. The zero-order valence-corrected chi connectivity index (χ0v) is 13.8. The van der Waals surface area contributed by atoms with E-state index in [1.54, 1.807) is 0 Å². The number of nitrogens with one attached hydrogen (secondary N) is 1. The predicted octanol–water partition coefficient (Wildman–Crippen LogP) is 4.90. The maximum atomic E-state index is 5.51. The Kier molecular flexibility index (Phi) is 9.83. The number of ether oxygens (including phenoxy) is 1. The highest BCUT2D eigenvalue weighted by molar-refractivity contribution is 5.55. The van der Waals surface area contributed by atoms with E-state index in [1.165, 1.54) is 6.42 Å². The summed E-state index contributed by atoms with van der Waals surface area (Å²) in [6.45, 7) is 16.4. The lowest BCUT2D eigenvalue weighted by molar-refractivity contribution is 0.317. The molecule has 0 saturated carbocycles. The normalized spacial score (nSPS) is 10.4. The van der Waals surface area contributed by atoms with E-state index in [9.17, 15) is 0 Å². The van der Waals surface area contributed by atoms with Gasteiger partial charge in [0.1, 0.15) is 5.75 Å². The van der Waals surface area contributed by atoms with Gasteiger partial charge in [-0.2, -0.15) is 0 Å². The van der Waals surface area contributed by atoms with E-state index in [0.717, 1.165) is 30.9 Å². The first-order valence-electron chi connectivity index (χ1n) is 7.53. The van der Waals surface area contributed by atoms with Crippen LogP contribution in [0, 0.1) is 0 Å². The molecule has 114 valence electrons. The van der Waals surface area contributed by atoms with E-state index in [0.29, 0.717) is 5.54 Å². The van der Waals surface area contributed by atoms with Crippen molar-refractivity contribution in [1.29, 1.82) is 0 Å². The molecule has 0 aliphatic heterocycles. The van der Waals surface area contributed by atoms with Crippen molar-refractivity contribution in [3.63, 3.8) is 0 Å². The Morgan fingerprint density at radius 2 is 1.80 bits per heavy atom. The van der Waals surface area contributed by atoms with Crippen molar-refractivity contribution in [1.82, 2.24) is 5.32 Å². The highest BCUT2D eigenvalue weighted by atomic mass is 16.5. The van der Waals surface area contributed by atoms with Gasteiger partial charge in [-0.15, -0.1) is 0 Å². The lowest BCUT2D eigenvalue weighted by Gasteiger charge is -2.19. The maximum absolute atomic E-state index is 5.51. The molecule has 0 aromatic heterocycles. The van der Waals surface area contributed by atoms with E-state index in [1.807, 2.05) is 30.3 Å². The summed E-state index contributed by atoms with van der Waals surface area (Å²) in [6, 6.07) is 7.92. The lowest BCUT2D eigenvalue weighted by atomic mass is 10.1. The summed E-state index contributed by atoms with van der Waals surface area (Å²) in [6.07, 6.45) is 4.06. The van der Waals surface area contributed by atoms with Crippen molar-refractivity contribution in [3.05, 3.63) is 36.4 Å². The smallest absolute Gasteiger partial charge is 0.126 e. The van der Waals surface area contributed by atoms with Crippen LogP contribution in [0.1, 0.15) is 53.0 Å². The number of hydrogen-bond acceptors (Lipinski definition) is 2. The zero-order chi connectivity index (χ0) is 15.4. The van der Waals surface area contributed by atoms with Gasteiger partial charge in [-0.25, -0.2) is 0 Å². The van der Waals surface area contributed by atoms with E-state index >= 15 is 0 Å². The van der Waals surface area contributed by atoms with Crippen molar-refractivity contribution >= 4 is 6.08 Å². The largest absolute Gasteiger partial charge is 0.493 e. The molecule has 1 N–H and O–H groups in total. The average Bonchev–Trinajstić information content (AvgIpc) is 2.43. The minimum Gasteiger partial charge on any atom is -0.493 e. The minimum absolute atomic E-state index is 0.302. The molecule has 1 aromatic carbocycles. The van der Waals surface area contributed by atoms with Crippen molar-refractivity contribution in [3.8, 4) is 5.75 Å². The second kappa shape index (κ2) is 10.5. The number of rotatable bonds is 6. The summed E-state index contributed by atoms with van der Waals surface area (Å²) in [5.74, 6) is 0.925. The molecule has 0 bridgehead atoms. The zero-order valence-electron chi connectivity index (χ0n) is 13.8. The van der Waals surface area contributed by atoms with Gasteiger partial charge in [-0.3, -0.25) is 0 Å². The fourth-order valence-electron chi connectivity index (χ4n) is 1.49. The molecule has 0 aliphatic rings. The van der Waals surface area contributed by atoms with Crippen molar-refractivity contribution in [2.75, 3.05) is 13.2 Å². The Labute approximate surface area is 125 Å². The SMILES string of the molecule is C=Cc1ccccc1OCCC.CCCNC(C)(C)C. The molecule has 0 aliphatic carbocycles. The molecule has 2 heteroatoms. The third-order valence-electron chi connectivity index (χ3n) is 2.51. The first kappa shape index (κ1) is 18.7. The maximum Gasteiger partial charge on any atom is 0.126 e. The van der Waals surface area contributed by atoms with Gasteiger partial charge in [0.15, 0.2) is 0 Å². The molecule has 0 radical (unpaired) electrons. The molecular weight excluding hydrogens is 246 g/mol. The lowest BCUT2D eigenvalue weighted by Crippen LogP contribution is -2.36. The van der Waals surface area contributed by atoms with Gasteiger partial charge in [0.25, 0.3) is 0 Å². The molecular formula is C18H31NO. The number of hydrogen-bond donors (Lipinski definition) is 1. The van der Waals surface area contributed by atoms with Gasteiger partial charge in [0.2, 0.25) is 0 Å². The van der Waals surface area contributed by atoms with Gasteiger partial charge < -0.3 is 10.1 Å². The summed E-state index contributed by atoms with van der Waals surface area (Å²) in [5, 5.41) is 3.37. The first-order valence-corrected chi connectivity index (χ1v) is 7.53. The van der Waals surface area contributed by atoms with E-state index in [-0.39, 0.29) is 0 Å². The molecule has 1 rings (SSSR count). The van der Waals surface area contributed by atoms with Gasteiger partial charge >= 0.3 is 0 Å². The monoisotopic (exact) mass is 277 g/mol. The highest BCUT2D eigenvalue weighted by Gasteiger charge is 2.05. The van der Waals surface area contributed by atoms with Gasteiger partial charge in [-0.05, 0) is 46.2 Å². The van der Waals surface area contributed by atoms with E-state index < -0.39 is 0 Å². The van der Waals surface area contributed by atoms with Gasteiger partial charge in [-0.1, -0.05) is 44.7 Å². The fraction of sp³-hybridized carbons (Fsp3) is 0.556. The Balaban J connectivity index is 0.000000396. The van der Waals surface area contributed by atoms with Crippen molar-refractivity contribution in [2.45, 2.75) is 53.0 Å². The van der Waals surface area contributed by atoms with Crippen LogP contribution >= 0.6 is 0 Å². The van der Waals surface area contributed by atoms with Crippen LogP contribution in [0.15, 0.2) is 30.8 Å². The molecule has 1 aromatic rings. The molecule has 0 spiro atoms. The molecule has 0 fully saturated rings. The Morgan fingerprint density at radius 1 is 1.15 bits per heavy atom. The van der Waals surface area contributed by atoms with Gasteiger partial charge in [0.05, 0.1) is 6.61 Å². The van der Waals surface area contributed by atoms with Crippen molar-refractivity contribution in [2.24, 2.45) is 0 Å². The topological polar surface area (TPSA) is 21.3 Å². The highest BCUT2D eigenvalue weighted by Crippen LogP contribution is 2.18. The standard InChI is InChI=1S/C11H14O.C7H17N/c1-3-9-12-11-8-6-5-7-10(11)4-2;1-5-6-8-7(2,3)4/h4-8H,2-3,9H2,1H3;8H,5-6H2,1-4H3. The molecule has 0 unspecified atom stereocenters. The van der Waals surface area contributed by atoms with Crippen LogP contribution in [0.4, 0.5) is 0 Å². The van der Waals surface area contributed by atoms with Crippen LogP contribution in [0.5, 0.6) is 5.75 Å². The molecule has 20 heavy (non-hydrogen) atoms. The molecule has 2 nitrogen and oxygen atoms in total.